The third kappa shape index (κ3) is 3.55. The summed E-state index contributed by atoms with van der Waals surface area (Å²) < 4.78 is 0. The Bertz CT molecular complexity index is 674. The highest BCUT2D eigenvalue weighted by atomic mass is 32.1. The smallest absolute Gasteiger partial charge is 0.248 e. The molecule has 0 unspecified atom stereocenters. The minimum absolute atomic E-state index is 0.251. The van der Waals surface area contributed by atoms with Crippen LogP contribution in [0.4, 0.5) is 5.69 Å². The van der Waals surface area contributed by atoms with Crippen molar-refractivity contribution < 1.29 is 9.59 Å². The third-order valence-electron chi connectivity index (χ3n) is 2.70. The number of hydrogen-bond acceptors (Lipinski definition) is 3. The van der Waals surface area contributed by atoms with Crippen LogP contribution in [0.2, 0.25) is 0 Å². The third-order valence-corrected chi connectivity index (χ3v) is 3.69. The lowest BCUT2D eigenvalue weighted by atomic mass is 10.2. The zero-order chi connectivity index (χ0) is 14.5. The van der Waals surface area contributed by atoms with Gasteiger partial charge in [0.2, 0.25) is 11.8 Å². The first-order valence-corrected chi connectivity index (χ1v) is 6.87. The Labute approximate surface area is 120 Å². The number of aryl methyl sites for hydroxylation is 1. The van der Waals surface area contributed by atoms with E-state index in [1.807, 2.05) is 18.4 Å². The Morgan fingerprint density at radius 1 is 1.30 bits per heavy atom. The molecule has 0 bridgehead atoms. The van der Waals surface area contributed by atoms with Crippen LogP contribution in [0.5, 0.6) is 0 Å². The topological polar surface area (TPSA) is 72.2 Å². The number of carbonyl (C=O) groups excluding carboxylic acids is 2. The number of nitrogens with two attached hydrogens (primary N) is 1. The fourth-order valence-corrected chi connectivity index (χ4v) is 2.46. The highest BCUT2D eigenvalue weighted by Crippen LogP contribution is 2.17. The highest BCUT2D eigenvalue weighted by Gasteiger charge is 2.03. The first-order chi connectivity index (χ1) is 9.56. The van der Waals surface area contributed by atoms with Crippen LogP contribution < -0.4 is 11.1 Å². The summed E-state index contributed by atoms with van der Waals surface area (Å²) in [5.41, 5.74) is 7.23. The van der Waals surface area contributed by atoms with Gasteiger partial charge in [0.25, 0.3) is 0 Å². The van der Waals surface area contributed by atoms with Gasteiger partial charge in [0, 0.05) is 22.2 Å². The Morgan fingerprint density at radius 2 is 2.10 bits per heavy atom. The van der Waals surface area contributed by atoms with Gasteiger partial charge in [-0.15, -0.1) is 11.3 Å². The maximum atomic E-state index is 11.8. The Morgan fingerprint density at radius 3 is 2.75 bits per heavy atom. The van der Waals surface area contributed by atoms with Gasteiger partial charge in [0.15, 0.2) is 0 Å². The molecule has 4 nitrogen and oxygen atoms in total. The van der Waals surface area contributed by atoms with E-state index in [4.69, 9.17) is 5.73 Å². The average molecular weight is 286 g/mol. The number of hydrogen-bond donors (Lipinski definition) is 2. The Kier molecular flexibility index (Phi) is 4.32. The molecule has 0 aliphatic rings. The van der Waals surface area contributed by atoms with E-state index in [0.717, 1.165) is 10.4 Å². The molecule has 20 heavy (non-hydrogen) atoms. The van der Waals surface area contributed by atoms with Crippen molar-refractivity contribution in [1.82, 2.24) is 0 Å². The molecular weight excluding hydrogens is 272 g/mol. The lowest BCUT2D eigenvalue weighted by Crippen LogP contribution is -2.12. The number of anilines is 1. The number of rotatable bonds is 4. The predicted octanol–water partition coefficient (Wildman–Crippen LogP) is 2.81. The molecule has 0 radical (unpaired) electrons. The number of benzene rings is 1. The van der Waals surface area contributed by atoms with E-state index in [9.17, 15) is 9.59 Å². The molecule has 0 atom stereocenters. The van der Waals surface area contributed by atoms with Gasteiger partial charge in [-0.2, -0.15) is 0 Å². The van der Waals surface area contributed by atoms with E-state index in [1.54, 1.807) is 41.7 Å². The summed E-state index contributed by atoms with van der Waals surface area (Å²) in [6.45, 7) is 1.99. The molecule has 0 saturated heterocycles. The number of amides is 2. The van der Waals surface area contributed by atoms with Gasteiger partial charge in [-0.05, 0) is 48.2 Å². The van der Waals surface area contributed by atoms with Crippen molar-refractivity contribution in [2.45, 2.75) is 6.92 Å². The van der Waals surface area contributed by atoms with Crippen molar-refractivity contribution in [3.8, 4) is 0 Å². The lowest BCUT2D eigenvalue weighted by molar-refractivity contribution is -0.111. The maximum absolute atomic E-state index is 11.8. The van der Waals surface area contributed by atoms with Crippen molar-refractivity contribution in [2.75, 3.05) is 5.32 Å². The second-order valence-electron chi connectivity index (χ2n) is 4.24. The van der Waals surface area contributed by atoms with E-state index in [2.05, 4.69) is 5.32 Å². The van der Waals surface area contributed by atoms with Crippen molar-refractivity contribution >= 4 is 34.9 Å². The maximum Gasteiger partial charge on any atom is 0.248 e. The van der Waals surface area contributed by atoms with Crippen molar-refractivity contribution in [3.05, 3.63) is 57.8 Å². The molecule has 1 aromatic carbocycles. The monoisotopic (exact) mass is 286 g/mol. The molecule has 5 heteroatoms. The second kappa shape index (κ2) is 6.16. The fraction of sp³-hybridized carbons (Fsp3) is 0.0667. The largest absolute Gasteiger partial charge is 0.366 e. The summed E-state index contributed by atoms with van der Waals surface area (Å²) in [6, 6.07) is 8.52. The van der Waals surface area contributed by atoms with Crippen molar-refractivity contribution in [1.29, 1.82) is 0 Å². The summed E-state index contributed by atoms with van der Waals surface area (Å²) in [6.07, 6.45) is 3.24. The van der Waals surface area contributed by atoms with Crippen LogP contribution >= 0.6 is 11.3 Å². The molecular formula is C15H14N2O2S. The van der Waals surface area contributed by atoms with Crippen LogP contribution in [0.15, 0.2) is 41.8 Å². The molecule has 0 spiro atoms. The summed E-state index contributed by atoms with van der Waals surface area (Å²) in [4.78, 5) is 23.9. The highest BCUT2D eigenvalue weighted by molar-refractivity contribution is 7.11. The summed E-state index contributed by atoms with van der Waals surface area (Å²) >= 11 is 1.58. The first kappa shape index (κ1) is 14.0. The zero-order valence-electron chi connectivity index (χ0n) is 10.9. The second-order valence-corrected chi connectivity index (χ2v) is 5.18. The molecule has 1 heterocycles. The van der Waals surface area contributed by atoms with Gasteiger partial charge in [-0.25, -0.2) is 0 Å². The number of primary amides is 1. The van der Waals surface area contributed by atoms with E-state index in [0.29, 0.717) is 11.3 Å². The van der Waals surface area contributed by atoms with Crippen molar-refractivity contribution in [2.24, 2.45) is 5.73 Å². The Balaban J connectivity index is 2.05. The molecule has 0 aliphatic carbocycles. The number of carbonyl (C=O) groups is 2. The molecule has 0 aliphatic heterocycles. The average Bonchev–Trinajstić information content (AvgIpc) is 2.82. The van der Waals surface area contributed by atoms with E-state index in [-0.39, 0.29) is 5.91 Å². The van der Waals surface area contributed by atoms with Crippen LogP contribution in [0, 0.1) is 6.92 Å². The van der Waals surface area contributed by atoms with Crippen LogP contribution in [-0.4, -0.2) is 11.8 Å². The molecule has 3 N–H and O–H groups in total. The molecule has 0 saturated carbocycles. The number of thiophene rings is 1. The van der Waals surface area contributed by atoms with Crippen LogP contribution in [-0.2, 0) is 4.79 Å². The number of nitrogens with one attached hydrogen (secondary N) is 1. The van der Waals surface area contributed by atoms with E-state index in [1.165, 1.54) is 6.08 Å². The van der Waals surface area contributed by atoms with Gasteiger partial charge >= 0.3 is 0 Å². The molecule has 2 aromatic rings. The minimum atomic E-state index is -0.522. The first-order valence-electron chi connectivity index (χ1n) is 5.99. The van der Waals surface area contributed by atoms with Gasteiger partial charge < -0.3 is 11.1 Å². The lowest BCUT2D eigenvalue weighted by Gasteiger charge is -2.03. The van der Waals surface area contributed by atoms with Gasteiger partial charge in [0.1, 0.15) is 0 Å². The molecule has 102 valence electrons. The molecule has 2 amide bonds. The fourth-order valence-electron chi connectivity index (χ4n) is 1.64. The summed E-state index contributed by atoms with van der Waals surface area (Å²) in [5, 5.41) is 4.67. The van der Waals surface area contributed by atoms with Crippen LogP contribution in [0.1, 0.15) is 20.8 Å². The quantitative estimate of drug-likeness (QED) is 0.848. The standard InChI is InChI=1S/C15H14N2O2S/c1-10-7-8-20-13(10)5-6-14(18)17-12-4-2-3-11(9-12)15(16)19/h2-9H,1H3,(H2,16,19)(H,17,18). The van der Waals surface area contributed by atoms with Crippen LogP contribution in [0.25, 0.3) is 6.08 Å². The predicted molar refractivity (Wildman–Crippen MR) is 81.7 cm³/mol. The van der Waals surface area contributed by atoms with Gasteiger partial charge in [-0.3, -0.25) is 9.59 Å². The SMILES string of the molecule is Cc1ccsc1C=CC(=O)Nc1cccc(C(N)=O)c1. The molecule has 1 aromatic heterocycles. The van der Waals surface area contributed by atoms with Gasteiger partial charge in [0.05, 0.1) is 0 Å². The minimum Gasteiger partial charge on any atom is -0.366 e. The normalized spacial score (nSPS) is 10.7. The van der Waals surface area contributed by atoms with Gasteiger partial charge in [-0.1, -0.05) is 6.07 Å². The van der Waals surface area contributed by atoms with Crippen molar-refractivity contribution in [3.63, 3.8) is 0 Å². The summed E-state index contributed by atoms with van der Waals surface area (Å²) in [5.74, 6) is -0.773. The molecule has 2 rings (SSSR count). The zero-order valence-corrected chi connectivity index (χ0v) is 11.7. The van der Waals surface area contributed by atoms with E-state index < -0.39 is 5.91 Å². The summed E-state index contributed by atoms with van der Waals surface area (Å²) in [7, 11) is 0. The van der Waals surface area contributed by atoms with Crippen LogP contribution in [0.3, 0.4) is 0 Å². The Hall–Kier alpha value is -2.40. The van der Waals surface area contributed by atoms with E-state index >= 15 is 0 Å². The molecule has 0 fully saturated rings.